The maximum atomic E-state index is 12.1. The molecule has 0 bridgehead atoms. The molecule has 12 atom stereocenters. The van der Waals surface area contributed by atoms with E-state index in [4.69, 9.17) is 45.2 Å². The molecule has 0 spiro atoms. The predicted octanol–water partition coefficient (Wildman–Crippen LogP) is 9.47. The van der Waals surface area contributed by atoms with Gasteiger partial charge in [0.15, 0.2) is 46.3 Å². The molecular formula is C90H164N14O16. The van der Waals surface area contributed by atoms with Crippen LogP contribution >= 0.6 is 0 Å². The fourth-order valence-electron chi connectivity index (χ4n) is 17.0. The van der Waals surface area contributed by atoms with E-state index in [9.17, 15) is 79.2 Å². The Morgan fingerprint density at radius 2 is 0.642 bits per heavy atom. The molecule has 8 fully saturated rings. The number of amidine groups is 5. The summed E-state index contributed by atoms with van der Waals surface area (Å²) < 4.78 is 0. The molecule has 8 saturated carbocycles. The van der Waals surface area contributed by atoms with Gasteiger partial charge in [-0.1, -0.05) is 131 Å². The van der Waals surface area contributed by atoms with E-state index in [1.807, 2.05) is 76.2 Å². The largest absolute Gasteiger partial charge is 0.388 e. The quantitative estimate of drug-likeness (QED) is 0.0269. The first-order chi connectivity index (χ1) is 54.4. The summed E-state index contributed by atoms with van der Waals surface area (Å²) in [7, 11) is 0. The first kappa shape index (κ1) is 113. The summed E-state index contributed by atoms with van der Waals surface area (Å²) in [6, 6.07) is -1.30. The maximum Gasteiger partial charge on any atom is 0.169 e. The number of Topliss-reactive ketones (excluding diaryl/α,β-unsaturated/α-hetero) is 8. The Kier molecular flexibility index (Phi) is 46.1. The fraction of sp³-hybridized carbons (Fsp3) is 0.811. The van der Waals surface area contributed by atoms with Gasteiger partial charge in [-0.25, -0.2) is 0 Å². The highest BCUT2D eigenvalue weighted by molar-refractivity contribution is 5.95. The molecule has 12 unspecified atom stereocenters. The average Bonchev–Trinajstić information content (AvgIpc) is 1.59. The van der Waals surface area contributed by atoms with E-state index in [0.29, 0.717) is 142 Å². The zero-order valence-electron chi connectivity index (χ0n) is 76.7. The number of nitrogens with two attached hydrogens (primary N) is 6. The van der Waals surface area contributed by atoms with Crippen molar-refractivity contribution in [3.05, 3.63) is 12.4 Å². The van der Waals surface area contributed by atoms with Crippen LogP contribution in [-0.4, -0.2) is 209 Å². The predicted molar refractivity (Wildman–Crippen MR) is 480 cm³/mol. The molecule has 30 heteroatoms. The fourth-order valence-corrected chi connectivity index (χ4v) is 17.0. The summed E-state index contributed by atoms with van der Waals surface area (Å²) in [5.74, 6) is 1.65. The number of aliphatic hydroxyl groups is 8. The Labute approximate surface area is 718 Å². The van der Waals surface area contributed by atoms with Gasteiger partial charge in [0.2, 0.25) is 0 Å². The van der Waals surface area contributed by atoms with Gasteiger partial charge in [-0.3, -0.25) is 63.3 Å². The second-order valence-corrected chi connectivity index (χ2v) is 37.8. The van der Waals surface area contributed by atoms with Gasteiger partial charge in [0, 0.05) is 84.1 Å². The van der Waals surface area contributed by atoms with Gasteiger partial charge in [-0.15, -0.1) is 0 Å². The monoisotopic (exact) mass is 1700 g/mol. The number of carbonyl (C=O) groups is 8. The molecule has 0 aromatic carbocycles. The van der Waals surface area contributed by atoms with E-state index in [2.05, 4.69) is 36.9 Å². The number of hydrogen-bond donors (Lipinski definition) is 17. The van der Waals surface area contributed by atoms with Gasteiger partial charge in [0.05, 0.1) is 65.2 Å². The van der Waals surface area contributed by atoms with E-state index in [0.717, 1.165) is 77.0 Å². The molecule has 0 saturated heterocycles. The average molecular weight is 1700 g/mol. The highest BCUT2D eigenvalue weighted by Crippen LogP contribution is 2.45. The summed E-state index contributed by atoms with van der Waals surface area (Å²) in [6.07, 6.45) is 16.7. The number of nitrogens with zero attached hydrogens (tertiary/aromatic N) is 5. The minimum atomic E-state index is -1.30. The molecule has 120 heavy (non-hydrogen) atoms. The van der Waals surface area contributed by atoms with Crippen LogP contribution in [0.3, 0.4) is 0 Å². The van der Waals surface area contributed by atoms with Gasteiger partial charge in [-0.05, 0) is 195 Å². The topological polar surface area (TPSA) is 576 Å². The third-order valence-corrected chi connectivity index (χ3v) is 23.2. The molecule has 0 aromatic heterocycles. The van der Waals surface area contributed by atoms with Crippen LogP contribution in [0.1, 0.15) is 327 Å². The van der Waals surface area contributed by atoms with Crippen molar-refractivity contribution < 1.29 is 79.2 Å². The Bertz CT molecular complexity index is 3570. The van der Waals surface area contributed by atoms with Crippen molar-refractivity contribution in [1.82, 2.24) is 5.32 Å². The van der Waals surface area contributed by atoms with E-state index in [1.54, 1.807) is 83.1 Å². The molecule has 0 heterocycles. The van der Waals surface area contributed by atoms with Crippen LogP contribution < -0.4 is 39.7 Å². The van der Waals surface area contributed by atoms with E-state index in [-0.39, 0.29) is 137 Å². The first-order valence-corrected chi connectivity index (χ1v) is 43.3. The lowest BCUT2D eigenvalue weighted by atomic mass is 9.65. The molecule has 0 aromatic rings. The summed E-state index contributed by atoms with van der Waals surface area (Å²) in [5, 5.41) is 99.0. The van der Waals surface area contributed by atoms with Crippen molar-refractivity contribution in [1.29, 1.82) is 10.8 Å². The summed E-state index contributed by atoms with van der Waals surface area (Å²) in [6.45, 7) is 44.5. The van der Waals surface area contributed by atoms with Crippen molar-refractivity contribution in [2.75, 3.05) is 0 Å². The van der Waals surface area contributed by atoms with Crippen LogP contribution in [0.4, 0.5) is 0 Å². The van der Waals surface area contributed by atoms with Crippen LogP contribution in [-0.2, 0) is 38.4 Å². The van der Waals surface area contributed by atoms with Crippen LogP contribution in [0.5, 0.6) is 0 Å². The third-order valence-electron chi connectivity index (χ3n) is 23.2. The molecule has 23 N–H and O–H groups in total. The highest BCUT2D eigenvalue weighted by atomic mass is 16.3. The van der Waals surface area contributed by atoms with Gasteiger partial charge in [-0.2, -0.15) is 0 Å². The maximum absolute atomic E-state index is 12.1. The van der Waals surface area contributed by atoms with Crippen molar-refractivity contribution in [2.45, 2.75) is 408 Å². The molecule has 0 radical (unpaired) electrons. The normalized spacial score (nSPS) is 31.5. The summed E-state index contributed by atoms with van der Waals surface area (Å²) in [5.41, 5.74) is 24.5. The van der Waals surface area contributed by atoms with Crippen LogP contribution in [0.15, 0.2) is 37.4 Å². The minimum Gasteiger partial charge on any atom is -0.388 e. The zero-order chi connectivity index (χ0) is 92.4. The summed E-state index contributed by atoms with van der Waals surface area (Å²) >= 11 is 0. The number of carbonyl (C=O) groups excluding carboxylic acids is 8. The van der Waals surface area contributed by atoms with Gasteiger partial charge >= 0.3 is 0 Å². The van der Waals surface area contributed by atoms with Gasteiger partial charge in [0.25, 0.3) is 0 Å². The Morgan fingerprint density at radius 3 is 1.00 bits per heavy atom. The molecule has 0 aliphatic heterocycles. The number of nitrogens with one attached hydrogen (secondary N) is 3. The summed E-state index contributed by atoms with van der Waals surface area (Å²) in [4.78, 5) is 115. The Hall–Kier alpha value is -6.93. The van der Waals surface area contributed by atoms with Gasteiger partial charge < -0.3 is 91.4 Å². The van der Waals surface area contributed by atoms with E-state index >= 15 is 0 Å². The smallest absolute Gasteiger partial charge is 0.169 e. The number of ketones is 8. The Balaban J connectivity index is 0.00000135. The standard InChI is InChI=1S/C13H23NO2.2C12H22N2O2.2C11H20N2O2.C11H19NO2.C10H18N2O2.C9H16N2O2.CH4/c1-9(2)12(15)13(16)6-4-11(5-7-13)8-10(3)14;1-8(2)11(15)12(16)6-4-5-10(7-12)14-9(3)13;1-8(2)11(15)12(16)7-5-4-6-10(12)14-9(3)13;1-7(2)10(14)11(15)5-4-9(6-11)13-8(3)12;1-7(2)10(14)11(15)6-4-5-9(11)13-8(3)12;1-7(2)10(13)11(14)5-9(6-11)4-8(3)12;1-6(2)9(13)10(14)5-4-8(10)12-7(3)11;1-5(2)8(12)9(13)4-7(9)11-6(3)10;/h9,11,14,16H,4-8H2,1-3H3;2*8,10,16H,4-7H2,1-3H3,(H2,13,14);7,9,13,15H,3-6,12H2,1-2H3;7,9,15H,4-6H2,1-3H3,(H2,12,13);7,9,12,14H,4-6H2,1-3H3;6,8,14H,4-5H2,1-3H3,(H2,11,12);5,7,13H,4H2,1-3H3,(H2,10,11);1H4. The molecule has 30 nitrogen and oxygen atoms in total. The lowest BCUT2D eigenvalue weighted by molar-refractivity contribution is -0.155. The SMILES string of the molecule is C.C=C(N)NC1CCC(O)(C(=O)C(C)C)C1.CC(=N)CC1CC(O)(C(=O)C(C)C)C1.CC(=N)CC1CCC(O)(C(=O)C(C)C)CC1.CC(N)=NC1CC1(O)C(=O)C(C)C.CC(N)=NC1CCC1(O)C(=O)C(C)C.CC(N)=NC1CCCC(O)(C(=O)C(C)C)C1.CC(N)=NC1CCCC1(O)C(=O)C(C)C.CC(N)=NC1CCCCC1(O)C(=O)C(C)C. The third kappa shape index (κ3) is 34.3. The molecule has 0 amide bonds. The van der Waals surface area contributed by atoms with Crippen molar-refractivity contribution >= 4 is 86.9 Å². The number of aliphatic imine (C=N–C) groups is 5. The van der Waals surface area contributed by atoms with Crippen molar-refractivity contribution in [3.63, 3.8) is 0 Å². The molecule has 8 aliphatic carbocycles. The van der Waals surface area contributed by atoms with Crippen molar-refractivity contribution in [2.24, 2.45) is 119 Å². The zero-order valence-corrected chi connectivity index (χ0v) is 76.7. The molecule has 8 aliphatic rings. The van der Waals surface area contributed by atoms with Crippen LogP contribution in [0, 0.1) is 70.0 Å². The highest BCUT2D eigenvalue weighted by Gasteiger charge is 2.60. The molecular weight excluding hydrogens is 1530 g/mol. The second-order valence-electron chi connectivity index (χ2n) is 37.8. The number of hydrogen-bond acceptors (Lipinski definition) is 25. The molecule has 8 rings (SSSR count). The van der Waals surface area contributed by atoms with Gasteiger partial charge in [0.1, 0.15) is 44.8 Å². The lowest BCUT2D eigenvalue weighted by Crippen LogP contribution is -2.58. The Morgan fingerprint density at radius 1 is 0.333 bits per heavy atom. The van der Waals surface area contributed by atoms with E-state index < -0.39 is 44.8 Å². The molecule has 690 valence electrons. The van der Waals surface area contributed by atoms with Crippen LogP contribution in [0.25, 0.3) is 0 Å². The minimum absolute atomic E-state index is 0. The first-order valence-electron chi connectivity index (χ1n) is 43.3. The number of rotatable bonds is 27. The lowest BCUT2D eigenvalue weighted by Gasteiger charge is -2.43. The van der Waals surface area contributed by atoms with Crippen LogP contribution in [0.2, 0.25) is 0 Å². The second kappa shape index (κ2) is 48.9. The van der Waals surface area contributed by atoms with E-state index in [1.165, 1.54) is 0 Å². The van der Waals surface area contributed by atoms with Crippen molar-refractivity contribution in [3.8, 4) is 0 Å².